The van der Waals surface area contributed by atoms with Crippen LogP contribution in [0.25, 0.3) is 10.8 Å². The highest BCUT2D eigenvalue weighted by atomic mass is 16.1. The third-order valence-corrected chi connectivity index (χ3v) is 5.36. The van der Waals surface area contributed by atoms with Crippen LogP contribution in [0.15, 0.2) is 42.5 Å². The van der Waals surface area contributed by atoms with Crippen LogP contribution < -0.4 is 10.6 Å². The SMILES string of the molecule is CC(NC(=O)CC(C)C1CCNCC1)c1cccc2ccccc12. The van der Waals surface area contributed by atoms with Crippen molar-refractivity contribution in [1.29, 1.82) is 0 Å². The van der Waals surface area contributed by atoms with Gasteiger partial charge in [0.1, 0.15) is 0 Å². The maximum absolute atomic E-state index is 12.5. The summed E-state index contributed by atoms with van der Waals surface area (Å²) in [7, 11) is 0. The Balaban J connectivity index is 1.63. The lowest BCUT2D eigenvalue weighted by atomic mass is 9.84. The van der Waals surface area contributed by atoms with Gasteiger partial charge in [0, 0.05) is 6.42 Å². The van der Waals surface area contributed by atoms with Gasteiger partial charge < -0.3 is 10.6 Å². The normalized spacial score (nSPS) is 18.2. The van der Waals surface area contributed by atoms with Crippen LogP contribution in [0.2, 0.25) is 0 Å². The fourth-order valence-corrected chi connectivity index (χ4v) is 3.88. The second kappa shape index (κ2) is 7.80. The summed E-state index contributed by atoms with van der Waals surface area (Å²) in [5.74, 6) is 1.29. The topological polar surface area (TPSA) is 41.1 Å². The molecular weight excluding hydrogens is 296 g/mol. The smallest absolute Gasteiger partial charge is 0.220 e. The molecule has 0 radical (unpaired) electrons. The van der Waals surface area contributed by atoms with Crippen LogP contribution in [-0.2, 0) is 4.79 Å². The molecule has 0 aliphatic carbocycles. The zero-order valence-electron chi connectivity index (χ0n) is 14.7. The van der Waals surface area contributed by atoms with Crippen molar-refractivity contribution in [2.75, 3.05) is 13.1 Å². The minimum Gasteiger partial charge on any atom is -0.350 e. The fraction of sp³-hybridized carbons (Fsp3) is 0.476. The minimum absolute atomic E-state index is 0.0313. The molecule has 1 aliphatic rings. The van der Waals surface area contributed by atoms with Gasteiger partial charge in [0.2, 0.25) is 5.91 Å². The molecule has 0 saturated carbocycles. The molecule has 0 aromatic heterocycles. The maximum Gasteiger partial charge on any atom is 0.220 e. The summed E-state index contributed by atoms with van der Waals surface area (Å²) in [6, 6.07) is 14.7. The molecule has 1 saturated heterocycles. The molecule has 2 atom stereocenters. The van der Waals surface area contributed by atoms with Crippen LogP contribution in [0.5, 0.6) is 0 Å². The molecule has 0 bridgehead atoms. The van der Waals surface area contributed by atoms with Gasteiger partial charge in [-0.05, 0) is 61.0 Å². The van der Waals surface area contributed by atoms with Crippen molar-refractivity contribution in [2.24, 2.45) is 11.8 Å². The molecule has 3 rings (SSSR count). The van der Waals surface area contributed by atoms with E-state index in [2.05, 4.69) is 66.9 Å². The van der Waals surface area contributed by atoms with Crippen molar-refractivity contribution in [3.63, 3.8) is 0 Å². The lowest BCUT2D eigenvalue weighted by Crippen LogP contribution is -2.34. The Hall–Kier alpha value is -1.87. The summed E-state index contributed by atoms with van der Waals surface area (Å²) >= 11 is 0. The number of rotatable bonds is 5. The molecule has 3 nitrogen and oxygen atoms in total. The monoisotopic (exact) mass is 324 g/mol. The van der Waals surface area contributed by atoms with E-state index in [0.29, 0.717) is 18.3 Å². The lowest BCUT2D eigenvalue weighted by molar-refractivity contribution is -0.123. The molecule has 2 unspecified atom stereocenters. The molecule has 1 fully saturated rings. The fourth-order valence-electron chi connectivity index (χ4n) is 3.88. The lowest BCUT2D eigenvalue weighted by Gasteiger charge is -2.28. The van der Waals surface area contributed by atoms with Gasteiger partial charge in [-0.1, -0.05) is 49.4 Å². The third kappa shape index (κ3) is 3.96. The first-order valence-corrected chi connectivity index (χ1v) is 9.13. The molecule has 1 aliphatic heterocycles. The number of piperidine rings is 1. The summed E-state index contributed by atoms with van der Waals surface area (Å²) < 4.78 is 0. The minimum atomic E-state index is 0.0313. The Morgan fingerprint density at radius 1 is 1.12 bits per heavy atom. The van der Waals surface area contributed by atoms with Crippen molar-refractivity contribution < 1.29 is 4.79 Å². The van der Waals surface area contributed by atoms with Crippen molar-refractivity contribution in [3.8, 4) is 0 Å². The van der Waals surface area contributed by atoms with Gasteiger partial charge in [-0.2, -0.15) is 0 Å². The van der Waals surface area contributed by atoms with E-state index >= 15 is 0 Å². The van der Waals surface area contributed by atoms with Crippen LogP contribution >= 0.6 is 0 Å². The van der Waals surface area contributed by atoms with Crippen LogP contribution in [0.3, 0.4) is 0 Å². The highest BCUT2D eigenvalue weighted by molar-refractivity contribution is 5.86. The predicted molar refractivity (Wildman–Crippen MR) is 99.9 cm³/mol. The van der Waals surface area contributed by atoms with E-state index in [-0.39, 0.29) is 11.9 Å². The molecule has 2 aromatic rings. The summed E-state index contributed by atoms with van der Waals surface area (Å²) in [4.78, 5) is 12.5. The first-order chi connectivity index (χ1) is 11.6. The summed E-state index contributed by atoms with van der Waals surface area (Å²) in [6.45, 7) is 6.47. The van der Waals surface area contributed by atoms with Crippen LogP contribution in [-0.4, -0.2) is 19.0 Å². The first kappa shape index (κ1) is 17.0. The van der Waals surface area contributed by atoms with Gasteiger partial charge in [-0.15, -0.1) is 0 Å². The number of hydrogen-bond acceptors (Lipinski definition) is 2. The predicted octanol–water partition coefficient (Wildman–Crippen LogP) is 4.04. The van der Waals surface area contributed by atoms with E-state index in [1.165, 1.54) is 29.2 Å². The summed E-state index contributed by atoms with van der Waals surface area (Å²) in [5.41, 5.74) is 1.19. The van der Waals surface area contributed by atoms with Crippen LogP contribution in [0.1, 0.15) is 44.7 Å². The molecule has 2 N–H and O–H groups in total. The Kier molecular flexibility index (Phi) is 5.52. The van der Waals surface area contributed by atoms with Gasteiger partial charge >= 0.3 is 0 Å². The number of carbonyl (C=O) groups excluding carboxylic acids is 1. The number of fused-ring (bicyclic) bond motifs is 1. The second-order valence-corrected chi connectivity index (χ2v) is 7.13. The van der Waals surface area contributed by atoms with Crippen LogP contribution in [0.4, 0.5) is 0 Å². The standard InChI is InChI=1S/C21H28N2O/c1-15(17-10-12-22-13-11-17)14-21(24)23-16(2)19-9-5-7-18-6-3-4-8-20(18)19/h3-9,15-17,22H,10-14H2,1-2H3,(H,23,24). The first-order valence-electron chi connectivity index (χ1n) is 9.13. The Bertz CT molecular complexity index is 686. The molecular formula is C21H28N2O. The second-order valence-electron chi connectivity index (χ2n) is 7.13. The number of amides is 1. The largest absolute Gasteiger partial charge is 0.350 e. The number of nitrogens with one attached hydrogen (secondary N) is 2. The maximum atomic E-state index is 12.5. The summed E-state index contributed by atoms with van der Waals surface area (Å²) in [5, 5.41) is 9.04. The highest BCUT2D eigenvalue weighted by Crippen LogP contribution is 2.26. The van der Waals surface area contributed by atoms with E-state index in [1.54, 1.807) is 0 Å². The Labute approximate surface area is 144 Å². The third-order valence-electron chi connectivity index (χ3n) is 5.36. The van der Waals surface area contributed by atoms with E-state index in [0.717, 1.165) is 13.1 Å². The molecule has 24 heavy (non-hydrogen) atoms. The average Bonchev–Trinajstić information content (AvgIpc) is 2.61. The molecule has 128 valence electrons. The Morgan fingerprint density at radius 3 is 2.62 bits per heavy atom. The Morgan fingerprint density at radius 2 is 1.83 bits per heavy atom. The molecule has 3 heteroatoms. The van der Waals surface area contributed by atoms with Crippen LogP contribution in [0, 0.1) is 11.8 Å². The average molecular weight is 324 g/mol. The number of carbonyl (C=O) groups is 1. The van der Waals surface area contributed by atoms with Gasteiger partial charge in [-0.3, -0.25) is 4.79 Å². The number of hydrogen-bond donors (Lipinski definition) is 2. The van der Waals surface area contributed by atoms with E-state index < -0.39 is 0 Å². The van der Waals surface area contributed by atoms with E-state index in [1.807, 2.05) is 0 Å². The van der Waals surface area contributed by atoms with Gasteiger partial charge in [0.05, 0.1) is 6.04 Å². The van der Waals surface area contributed by atoms with Gasteiger partial charge in [-0.25, -0.2) is 0 Å². The summed E-state index contributed by atoms with van der Waals surface area (Å²) in [6.07, 6.45) is 3.00. The van der Waals surface area contributed by atoms with Crippen molar-refractivity contribution >= 4 is 16.7 Å². The molecule has 1 amide bonds. The quantitative estimate of drug-likeness (QED) is 0.871. The zero-order chi connectivity index (χ0) is 16.9. The van der Waals surface area contributed by atoms with Crippen molar-refractivity contribution in [2.45, 2.75) is 39.2 Å². The zero-order valence-corrected chi connectivity index (χ0v) is 14.7. The van der Waals surface area contributed by atoms with Crippen molar-refractivity contribution in [3.05, 3.63) is 48.0 Å². The molecule has 1 heterocycles. The molecule has 2 aromatic carbocycles. The van der Waals surface area contributed by atoms with E-state index in [4.69, 9.17) is 0 Å². The van der Waals surface area contributed by atoms with E-state index in [9.17, 15) is 4.79 Å². The van der Waals surface area contributed by atoms with Gasteiger partial charge in [0.25, 0.3) is 0 Å². The number of benzene rings is 2. The molecule has 0 spiro atoms. The van der Waals surface area contributed by atoms with Crippen molar-refractivity contribution in [1.82, 2.24) is 10.6 Å². The highest BCUT2D eigenvalue weighted by Gasteiger charge is 2.22. The van der Waals surface area contributed by atoms with Gasteiger partial charge in [0.15, 0.2) is 0 Å².